The molecule has 5 aromatic rings. The largest absolute Gasteiger partial charge is 0.378 e. The molecule has 0 amide bonds. The molecule has 1 saturated carbocycles. The topological polar surface area (TPSA) is 27.7 Å². The second kappa shape index (κ2) is 35.0. The molecule has 3 fully saturated rings. The summed E-state index contributed by atoms with van der Waals surface area (Å²) in [6.45, 7) is 47.5. The van der Waals surface area contributed by atoms with E-state index in [9.17, 15) is 13.2 Å². The van der Waals surface area contributed by atoms with Crippen molar-refractivity contribution in [1.29, 1.82) is 0 Å². The van der Waals surface area contributed by atoms with Crippen molar-refractivity contribution in [3.63, 3.8) is 0 Å². The number of hydrogen-bond donors (Lipinski definition) is 0. The van der Waals surface area contributed by atoms with Crippen LogP contribution in [0.4, 0.5) is 13.2 Å². The first-order chi connectivity index (χ1) is 37.6. The average molecular weight is 1110 g/mol. The molecule has 0 N–H and O–H groups in total. The number of halogens is 3. The van der Waals surface area contributed by atoms with Crippen LogP contribution < -0.4 is 0 Å². The summed E-state index contributed by atoms with van der Waals surface area (Å²) >= 11 is 0. The fraction of sp³-hybridized carbons (Fsp3) is 0.595. The van der Waals surface area contributed by atoms with Crippen LogP contribution in [-0.2, 0) is 33.5 Å². The average Bonchev–Trinajstić information content (AvgIpc) is 3.52. The molecule has 3 nitrogen and oxygen atoms in total. The monoisotopic (exact) mass is 1100 g/mol. The van der Waals surface area contributed by atoms with Gasteiger partial charge in [0.15, 0.2) is 6.29 Å². The summed E-state index contributed by atoms with van der Waals surface area (Å²) in [5.41, 5.74) is 20.6. The van der Waals surface area contributed by atoms with Crippen LogP contribution in [0.1, 0.15) is 209 Å². The van der Waals surface area contributed by atoms with Crippen molar-refractivity contribution >= 4 is 0 Å². The molecule has 2 heterocycles. The van der Waals surface area contributed by atoms with Crippen LogP contribution in [0.5, 0.6) is 0 Å². The van der Waals surface area contributed by atoms with Crippen molar-refractivity contribution in [1.82, 2.24) is 0 Å². The number of fused-ring (bicyclic) bond motifs is 2. The molecule has 80 heavy (non-hydrogen) atoms. The summed E-state index contributed by atoms with van der Waals surface area (Å²) in [5, 5.41) is 0. The molecular formula is C74H111F3O3. The lowest BCUT2D eigenvalue weighted by Crippen LogP contribution is -2.27. The quantitative estimate of drug-likeness (QED) is 0.155. The molecule has 0 bridgehead atoms. The summed E-state index contributed by atoms with van der Waals surface area (Å²) in [6.07, 6.45) is 15.6. The van der Waals surface area contributed by atoms with Crippen molar-refractivity contribution in [2.75, 3.05) is 19.8 Å². The molecule has 2 saturated heterocycles. The Balaban J connectivity index is 0.000000243. The van der Waals surface area contributed by atoms with E-state index in [1.807, 2.05) is 19.9 Å². The Hall–Kier alpha value is -4.23. The van der Waals surface area contributed by atoms with Crippen molar-refractivity contribution in [3.8, 4) is 0 Å². The van der Waals surface area contributed by atoms with Crippen LogP contribution in [0, 0.1) is 136 Å². The van der Waals surface area contributed by atoms with Gasteiger partial charge in [0.25, 0.3) is 0 Å². The molecule has 446 valence electrons. The van der Waals surface area contributed by atoms with Crippen molar-refractivity contribution in [2.24, 2.45) is 35.5 Å². The number of aryl methyl sites for hydroxylation is 7. The van der Waals surface area contributed by atoms with Crippen LogP contribution in [0.3, 0.4) is 0 Å². The molecule has 0 aromatic heterocycles. The smallest absolute Gasteiger partial charge is 0.154 e. The predicted molar refractivity (Wildman–Crippen MR) is 337 cm³/mol. The fourth-order valence-corrected chi connectivity index (χ4v) is 11.1. The van der Waals surface area contributed by atoms with E-state index in [4.69, 9.17) is 14.2 Å². The number of rotatable bonds is 0. The van der Waals surface area contributed by atoms with Crippen molar-refractivity contribution in [2.45, 2.75) is 234 Å². The van der Waals surface area contributed by atoms with Gasteiger partial charge in [-0.05, 0) is 268 Å². The molecular weight excluding hydrogens is 994 g/mol. The SMILES string of the molecule is CC1CCC(C)CC1.CC1CCC(C)OC1.CC1COC(C)OC1.Cc1cc(F)c(C)c(F)c1.Cc1cc2c(c(C)c1C)C(C)CC(C)C2.Cc1cc2c(c(C)c1C)CCC(C)C2.Cc1ccc(C)c(F)c1.Cc1ccc(C)cc1. The van der Waals surface area contributed by atoms with E-state index in [1.54, 1.807) is 53.3 Å². The van der Waals surface area contributed by atoms with Crippen molar-refractivity contribution in [3.05, 3.63) is 173 Å². The molecule has 5 aromatic carbocycles. The number of benzene rings is 5. The lowest BCUT2D eigenvalue weighted by Gasteiger charge is -2.30. The maximum absolute atomic E-state index is 12.6. The van der Waals surface area contributed by atoms with Gasteiger partial charge in [0.1, 0.15) is 17.5 Å². The Kier molecular flexibility index (Phi) is 30.7. The molecule has 10 rings (SSSR count). The molecule has 2 aliphatic heterocycles. The van der Waals surface area contributed by atoms with Gasteiger partial charge in [0.2, 0.25) is 0 Å². The summed E-state index contributed by atoms with van der Waals surface area (Å²) in [6, 6.07) is 21.2. The van der Waals surface area contributed by atoms with E-state index in [2.05, 4.69) is 147 Å². The second-order valence-corrected chi connectivity index (χ2v) is 25.7. The van der Waals surface area contributed by atoms with E-state index in [0.29, 0.717) is 23.1 Å². The first-order valence-corrected chi connectivity index (χ1v) is 30.8. The van der Waals surface area contributed by atoms with Crippen LogP contribution >= 0.6 is 0 Å². The third-order valence-corrected chi connectivity index (χ3v) is 17.2. The Morgan fingerprint density at radius 3 is 1.27 bits per heavy atom. The normalized spacial score (nSPS) is 23.5. The van der Waals surface area contributed by atoms with Gasteiger partial charge in [0, 0.05) is 18.1 Å². The van der Waals surface area contributed by atoms with Gasteiger partial charge in [-0.25, -0.2) is 13.2 Å². The van der Waals surface area contributed by atoms with Gasteiger partial charge in [-0.1, -0.05) is 134 Å². The second-order valence-electron chi connectivity index (χ2n) is 25.7. The van der Waals surface area contributed by atoms with Crippen LogP contribution in [0.15, 0.2) is 66.7 Å². The van der Waals surface area contributed by atoms with Crippen LogP contribution in [-0.4, -0.2) is 32.2 Å². The number of ether oxygens (including phenoxy) is 3. The third kappa shape index (κ3) is 24.7. The van der Waals surface area contributed by atoms with Gasteiger partial charge in [-0.2, -0.15) is 0 Å². The highest BCUT2D eigenvalue weighted by Gasteiger charge is 2.24. The Labute approximate surface area is 488 Å². The van der Waals surface area contributed by atoms with Gasteiger partial charge >= 0.3 is 0 Å². The van der Waals surface area contributed by atoms with Crippen LogP contribution in [0.25, 0.3) is 0 Å². The minimum Gasteiger partial charge on any atom is -0.378 e. The van der Waals surface area contributed by atoms with E-state index in [0.717, 1.165) is 60.9 Å². The molecule has 5 atom stereocenters. The maximum Gasteiger partial charge on any atom is 0.154 e. The van der Waals surface area contributed by atoms with E-state index in [-0.39, 0.29) is 17.7 Å². The molecule has 5 unspecified atom stereocenters. The zero-order valence-electron chi connectivity index (χ0n) is 54.3. The van der Waals surface area contributed by atoms with Gasteiger partial charge in [0.05, 0.1) is 19.3 Å². The molecule has 0 spiro atoms. The van der Waals surface area contributed by atoms with Gasteiger partial charge in [-0.3, -0.25) is 0 Å². The zero-order valence-corrected chi connectivity index (χ0v) is 54.3. The lowest BCUT2D eigenvalue weighted by atomic mass is 9.75. The molecule has 0 radical (unpaired) electrons. The highest BCUT2D eigenvalue weighted by atomic mass is 19.1. The van der Waals surface area contributed by atoms with Gasteiger partial charge < -0.3 is 14.2 Å². The summed E-state index contributed by atoms with van der Waals surface area (Å²) in [5.74, 6) is 4.83. The van der Waals surface area contributed by atoms with Gasteiger partial charge in [-0.15, -0.1) is 0 Å². The van der Waals surface area contributed by atoms with E-state index >= 15 is 0 Å². The van der Waals surface area contributed by atoms with E-state index < -0.39 is 11.6 Å². The highest BCUT2D eigenvalue weighted by Crippen LogP contribution is 2.38. The molecule has 5 aliphatic rings. The van der Waals surface area contributed by atoms with Crippen LogP contribution in [0.2, 0.25) is 0 Å². The summed E-state index contributed by atoms with van der Waals surface area (Å²) in [7, 11) is 0. The first kappa shape index (κ1) is 70.0. The third-order valence-electron chi connectivity index (χ3n) is 17.2. The summed E-state index contributed by atoms with van der Waals surface area (Å²) in [4.78, 5) is 0. The molecule has 6 heteroatoms. The Bertz CT molecular complexity index is 2470. The minimum atomic E-state index is -0.475. The Morgan fingerprint density at radius 1 is 0.362 bits per heavy atom. The predicted octanol–water partition coefficient (Wildman–Crippen LogP) is 21.0. The molecule has 3 aliphatic carbocycles. The summed E-state index contributed by atoms with van der Waals surface area (Å²) < 4.78 is 53.5. The minimum absolute atomic E-state index is 0.0196. The first-order valence-electron chi connectivity index (χ1n) is 30.8. The zero-order chi connectivity index (χ0) is 60.0. The highest BCUT2D eigenvalue weighted by molar-refractivity contribution is 5.48. The number of hydrogen-bond acceptors (Lipinski definition) is 3. The Morgan fingerprint density at radius 2 is 0.812 bits per heavy atom. The fourth-order valence-electron chi connectivity index (χ4n) is 11.1. The van der Waals surface area contributed by atoms with Crippen molar-refractivity contribution < 1.29 is 27.4 Å². The maximum atomic E-state index is 12.6. The van der Waals surface area contributed by atoms with E-state index in [1.165, 1.54) is 129 Å². The standard InChI is InChI=1S/C15H22.C14H20.C8H8F2.C8H9F.C8H16.C8H10.C7H14O.C6H12O2/c1-9-6-11(3)15-13(5)12(4)10(2)8-14(15)7-9;1-9-5-6-14-12(4)11(3)10(2)8-13(14)7-9;1-5-3-7(9)6(2)8(10)4-5;1-6-3-4-7(2)8(9)5-6;2*1-7-3-5-8(2)6-4-7;1-6-3-4-7(2)8-5-6;1-5-3-7-6(2)8-4-5/h8-9,11H,6-7H2,1-5H3;8-9H,5-7H2,1-4H3;3-4H,1-2H3;3-5H,1-2H3;7-8H,3-6H2,1-2H3;3-6H,1-2H3;6-7H,3-5H2,1-2H3;5-6H,3-4H2,1-2H3. The lowest BCUT2D eigenvalue weighted by molar-refractivity contribution is -0.187.